The van der Waals surface area contributed by atoms with Crippen molar-refractivity contribution >= 4 is 10.8 Å². The highest BCUT2D eigenvalue weighted by molar-refractivity contribution is 7.85. The number of hydrogen-bond donors (Lipinski definition) is 2. The van der Waals surface area contributed by atoms with Gasteiger partial charge in [-0.3, -0.25) is 4.21 Å². The van der Waals surface area contributed by atoms with Gasteiger partial charge in [0.05, 0.1) is 0 Å². The molecular weight excluding hydrogens is 198 g/mol. The topological polar surface area (TPSA) is 49.3 Å². The summed E-state index contributed by atoms with van der Waals surface area (Å²) < 4.78 is 11.1. The molecule has 84 valence electrons. The van der Waals surface area contributed by atoms with Crippen molar-refractivity contribution in [1.29, 1.82) is 0 Å². The molecule has 1 aliphatic rings. The van der Waals surface area contributed by atoms with Gasteiger partial charge in [-0.2, -0.15) is 0 Å². The minimum Gasteiger partial charge on any atom is -0.396 e. The van der Waals surface area contributed by atoms with Crippen molar-refractivity contribution in [3.05, 3.63) is 0 Å². The lowest BCUT2D eigenvalue weighted by Crippen LogP contribution is -2.36. The maximum absolute atomic E-state index is 11.1. The van der Waals surface area contributed by atoms with Gasteiger partial charge in [0.1, 0.15) is 0 Å². The Bertz CT molecular complexity index is 166. The molecule has 0 aromatic heterocycles. The molecular formula is C10H21NO2S. The molecule has 1 aliphatic heterocycles. The molecule has 0 atom stereocenters. The first kappa shape index (κ1) is 12.1. The van der Waals surface area contributed by atoms with Crippen LogP contribution in [-0.2, 0) is 10.8 Å². The van der Waals surface area contributed by atoms with Crippen LogP contribution in [0.25, 0.3) is 0 Å². The zero-order chi connectivity index (χ0) is 10.2. The lowest BCUT2D eigenvalue weighted by molar-refractivity contribution is 0.282. The van der Waals surface area contributed by atoms with Crippen molar-refractivity contribution in [1.82, 2.24) is 5.32 Å². The van der Waals surface area contributed by atoms with E-state index in [1.165, 1.54) is 0 Å². The largest absolute Gasteiger partial charge is 0.396 e. The molecule has 3 nitrogen and oxygen atoms in total. The van der Waals surface area contributed by atoms with Crippen LogP contribution >= 0.6 is 0 Å². The monoisotopic (exact) mass is 219 g/mol. The Balaban J connectivity index is 1.94. The van der Waals surface area contributed by atoms with Crippen LogP contribution in [0.4, 0.5) is 0 Å². The third kappa shape index (κ3) is 5.08. The molecule has 0 bridgehead atoms. The predicted octanol–water partition coefficient (Wildman–Crippen LogP) is 0.650. The Labute approximate surface area is 88.7 Å². The summed E-state index contributed by atoms with van der Waals surface area (Å²) in [4.78, 5) is 0. The molecule has 1 fully saturated rings. The molecule has 2 N–H and O–H groups in total. The van der Waals surface area contributed by atoms with E-state index in [-0.39, 0.29) is 0 Å². The van der Waals surface area contributed by atoms with Crippen LogP contribution in [0.3, 0.4) is 0 Å². The minimum atomic E-state index is -0.544. The first-order valence-corrected chi connectivity index (χ1v) is 7.01. The van der Waals surface area contributed by atoms with Crippen molar-refractivity contribution in [2.45, 2.75) is 38.1 Å². The van der Waals surface area contributed by atoms with Crippen LogP contribution in [0.15, 0.2) is 0 Å². The van der Waals surface area contributed by atoms with E-state index < -0.39 is 10.8 Å². The Morgan fingerprint density at radius 1 is 1.21 bits per heavy atom. The molecule has 4 heteroatoms. The molecule has 0 aliphatic carbocycles. The van der Waals surface area contributed by atoms with Gasteiger partial charge in [-0.05, 0) is 38.6 Å². The minimum absolute atomic E-state index is 0.308. The van der Waals surface area contributed by atoms with Crippen molar-refractivity contribution in [3.63, 3.8) is 0 Å². The summed E-state index contributed by atoms with van der Waals surface area (Å²) in [6.07, 6.45) is 5.28. The summed E-state index contributed by atoms with van der Waals surface area (Å²) in [6, 6.07) is 0.585. The quantitative estimate of drug-likeness (QED) is 0.645. The number of nitrogens with one attached hydrogen (secondary N) is 1. The fourth-order valence-corrected chi connectivity index (χ4v) is 3.02. The normalized spacial score (nSPS) is 27.8. The van der Waals surface area contributed by atoms with Gasteiger partial charge in [0, 0.05) is 35.0 Å². The van der Waals surface area contributed by atoms with E-state index in [1.54, 1.807) is 0 Å². The first-order chi connectivity index (χ1) is 6.83. The molecule has 0 unspecified atom stereocenters. The second-order valence-corrected chi connectivity index (χ2v) is 5.56. The van der Waals surface area contributed by atoms with Gasteiger partial charge in [-0.15, -0.1) is 0 Å². The lowest BCUT2D eigenvalue weighted by Gasteiger charge is -2.22. The fourth-order valence-electron chi connectivity index (χ4n) is 1.72. The van der Waals surface area contributed by atoms with Gasteiger partial charge in [0.2, 0.25) is 0 Å². The van der Waals surface area contributed by atoms with Crippen LogP contribution in [0.2, 0.25) is 0 Å². The van der Waals surface area contributed by atoms with E-state index in [1.807, 2.05) is 0 Å². The molecule has 1 heterocycles. The Morgan fingerprint density at radius 3 is 2.57 bits per heavy atom. The van der Waals surface area contributed by atoms with Crippen molar-refractivity contribution in [2.24, 2.45) is 0 Å². The highest BCUT2D eigenvalue weighted by Gasteiger charge is 2.16. The van der Waals surface area contributed by atoms with E-state index in [9.17, 15) is 4.21 Å². The van der Waals surface area contributed by atoms with Crippen molar-refractivity contribution in [3.8, 4) is 0 Å². The summed E-state index contributed by atoms with van der Waals surface area (Å²) in [6.45, 7) is 1.35. The van der Waals surface area contributed by atoms with Crippen LogP contribution in [0.1, 0.15) is 32.1 Å². The maximum atomic E-state index is 11.1. The van der Waals surface area contributed by atoms with E-state index in [0.717, 1.165) is 50.2 Å². The molecule has 0 saturated carbocycles. The van der Waals surface area contributed by atoms with Gasteiger partial charge >= 0.3 is 0 Å². The second kappa shape index (κ2) is 7.37. The lowest BCUT2D eigenvalue weighted by atomic mass is 10.1. The first-order valence-electron chi connectivity index (χ1n) is 5.52. The average molecular weight is 219 g/mol. The number of rotatable bonds is 6. The fraction of sp³-hybridized carbons (Fsp3) is 1.00. The number of aliphatic hydroxyl groups excluding tert-OH is 1. The van der Waals surface area contributed by atoms with Crippen LogP contribution in [0.5, 0.6) is 0 Å². The Kier molecular flexibility index (Phi) is 6.39. The number of aliphatic hydroxyl groups is 1. The highest BCUT2D eigenvalue weighted by atomic mass is 32.2. The number of unbranched alkanes of at least 4 members (excludes halogenated alkanes) is 2. The molecule has 0 aromatic carbocycles. The summed E-state index contributed by atoms with van der Waals surface area (Å²) in [7, 11) is -0.544. The van der Waals surface area contributed by atoms with E-state index >= 15 is 0 Å². The second-order valence-electron chi connectivity index (χ2n) is 3.86. The highest BCUT2D eigenvalue weighted by Crippen LogP contribution is 2.09. The van der Waals surface area contributed by atoms with E-state index in [4.69, 9.17) is 5.11 Å². The standard InChI is InChI=1S/C10H21NO2S/c12-7-3-1-2-6-11-10-4-8-14(13)9-5-10/h10-12H,1-9H2. The summed E-state index contributed by atoms with van der Waals surface area (Å²) >= 11 is 0. The third-order valence-corrected chi connectivity index (χ3v) is 4.04. The van der Waals surface area contributed by atoms with Gasteiger partial charge in [0.25, 0.3) is 0 Å². The molecule has 0 radical (unpaired) electrons. The van der Waals surface area contributed by atoms with E-state index in [0.29, 0.717) is 12.6 Å². The van der Waals surface area contributed by atoms with Gasteiger partial charge < -0.3 is 10.4 Å². The molecule has 0 amide bonds. The van der Waals surface area contributed by atoms with Crippen molar-refractivity contribution in [2.75, 3.05) is 24.7 Å². The Morgan fingerprint density at radius 2 is 1.93 bits per heavy atom. The molecule has 14 heavy (non-hydrogen) atoms. The van der Waals surface area contributed by atoms with Gasteiger partial charge in [-0.25, -0.2) is 0 Å². The smallest absolute Gasteiger partial charge is 0.0431 e. The Hall–Kier alpha value is 0.0700. The maximum Gasteiger partial charge on any atom is 0.0431 e. The van der Waals surface area contributed by atoms with Crippen LogP contribution in [-0.4, -0.2) is 40.0 Å². The van der Waals surface area contributed by atoms with Crippen molar-refractivity contribution < 1.29 is 9.32 Å². The molecule has 0 aromatic rings. The zero-order valence-corrected chi connectivity index (χ0v) is 9.52. The SMILES string of the molecule is O=S1CCC(NCCCCCO)CC1. The van der Waals surface area contributed by atoms with Crippen LogP contribution < -0.4 is 5.32 Å². The van der Waals surface area contributed by atoms with Gasteiger partial charge in [-0.1, -0.05) is 0 Å². The third-order valence-electron chi connectivity index (χ3n) is 2.66. The van der Waals surface area contributed by atoms with Crippen LogP contribution in [0, 0.1) is 0 Å². The summed E-state index contributed by atoms with van der Waals surface area (Å²) in [5.41, 5.74) is 0. The van der Waals surface area contributed by atoms with Gasteiger partial charge in [0.15, 0.2) is 0 Å². The summed E-state index contributed by atoms with van der Waals surface area (Å²) in [5, 5.41) is 12.1. The van der Waals surface area contributed by atoms with E-state index in [2.05, 4.69) is 5.32 Å². The number of hydrogen-bond acceptors (Lipinski definition) is 3. The zero-order valence-electron chi connectivity index (χ0n) is 8.71. The molecule has 1 rings (SSSR count). The molecule has 1 saturated heterocycles. The average Bonchev–Trinajstić information content (AvgIpc) is 2.21. The summed E-state index contributed by atoms with van der Waals surface area (Å²) in [5.74, 6) is 1.74. The molecule has 0 spiro atoms. The predicted molar refractivity (Wildman–Crippen MR) is 59.8 cm³/mol.